The number of rotatable bonds is 5. The average molecular weight is 359 g/mol. The highest BCUT2D eigenvalue weighted by molar-refractivity contribution is 9.10. The Morgan fingerprint density at radius 1 is 1.70 bits per heavy atom. The zero-order valence-electron chi connectivity index (χ0n) is 11.7. The Balaban J connectivity index is 2.04. The van der Waals surface area contributed by atoms with E-state index in [2.05, 4.69) is 26.2 Å². The second-order valence-corrected chi connectivity index (χ2v) is 6.97. The molecule has 20 heavy (non-hydrogen) atoms. The minimum atomic E-state index is -0.533. The number of aromatic nitrogens is 1. The van der Waals surface area contributed by atoms with E-state index in [-0.39, 0.29) is 5.97 Å². The molecule has 0 spiro atoms. The molecule has 0 amide bonds. The van der Waals surface area contributed by atoms with Gasteiger partial charge in [-0.25, -0.2) is 4.98 Å². The number of esters is 1. The van der Waals surface area contributed by atoms with Gasteiger partial charge in [-0.15, -0.1) is 11.8 Å². The standard InChI is InChI=1S/C14H19BrN2O2S/c1-3-19-13(18)14(16-2)7-6-10(9-14)20-12-11(15)5-4-8-17-12/h4-5,8,10,16H,3,6-7,9H2,1-2H3. The SMILES string of the molecule is CCOC(=O)C1(NC)CCC(Sc2ncccc2Br)C1. The highest BCUT2D eigenvalue weighted by Gasteiger charge is 2.45. The first-order valence-electron chi connectivity index (χ1n) is 6.74. The Labute approximate surface area is 132 Å². The van der Waals surface area contributed by atoms with Gasteiger partial charge >= 0.3 is 5.97 Å². The summed E-state index contributed by atoms with van der Waals surface area (Å²) in [4.78, 5) is 16.5. The van der Waals surface area contributed by atoms with Crippen molar-refractivity contribution in [2.75, 3.05) is 13.7 Å². The van der Waals surface area contributed by atoms with E-state index in [0.29, 0.717) is 11.9 Å². The molecule has 2 atom stereocenters. The molecular weight excluding hydrogens is 340 g/mol. The second-order valence-electron chi connectivity index (χ2n) is 4.83. The summed E-state index contributed by atoms with van der Waals surface area (Å²) in [6, 6.07) is 3.89. The molecular formula is C14H19BrN2O2S. The molecule has 1 fully saturated rings. The Kier molecular flexibility index (Phi) is 5.46. The molecule has 0 radical (unpaired) electrons. The van der Waals surface area contributed by atoms with Gasteiger partial charge in [0.1, 0.15) is 10.6 Å². The Bertz CT molecular complexity index is 486. The molecule has 1 N–H and O–H groups in total. The fraction of sp³-hybridized carbons (Fsp3) is 0.571. The van der Waals surface area contributed by atoms with Crippen molar-refractivity contribution in [3.05, 3.63) is 22.8 Å². The number of pyridine rings is 1. The number of ether oxygens (including phenoxy) is 1. The van der Waals surface area contributed by atoms with Crippen LogP contribution in [0.25, 0.3) is 0 Å². The smallest absolute Gasteiger partial charge is 0.326 e. The molecule has 1 saturated carbocycles. The van der Waals surface area contributed by atoms with Crippen LogP contribution in [0, 0.1) is 0 Å². The summed E-state index contributed by atoms with van der Waals surface area (Å²) in [5, 5.41) is 4.53. The monoisotopic (exact) mass is 358 g/mol. The minimum absolute atomic E-state index is 0.134. The van der Waals surface area contributed by atoms with Gasteiger partial charge < -0.3 is 10.1 Å². The van der Waals surface area contributed by atoms with Crippen molar-refractivity contribution in [3.8, 4) is 0 Å². The molecule has 0 aromatic carbocycles. The number of nitrogens with one attached hydrogen (secondary N) is 1. The van der Waals surface area contributed by atoms with Crippen LogP contribution < -0.4 is 5.32 Å². The van der Waals surface area contributed by atoms with Crippen LogP contribution in [0.3, 0.4) is 0 Å². The molecule has 1 aromatic rings. The molecule has 1 aliphatic carbocycles. The molecule has 1 aliphatic rings. The van der Waals surface area contributed by atoms with E-state index in [1.165, 1.54) is 0 Å². The predicted octanol–water partition coefficient (Wildman–Crippen LogP) is 3.01. The number of nitrogens with zero attached hydrogens (tertiary/aromatic N) is 1. The molecule has 6 heteroatoms. The number of hydrogen-bond acceptors (Lipinski definition) is 5. The van der Waals surface area contributed by atoms with Crippen LogP contribution in [0.2, 0.25) is 0 Å². The molecule has 110 valence electrons. The summed E-state index contributed by atoms with van der Waals surface area (Å²) in [6.07, 6.45) is 4.35. The lowest BCUT2D eigenvalue weighted by atomic mass is 9.98. The number of thioether (sulfide) groups is 1. The lowest BCUT2D eigenvalue weighted by Gasteiger charge is -2.26. The maximum Gasteiger partial charge on any atom is 0.326 e. The Morgan fingerprint density at radius 2 is 2.50 bits per heavy atom. The number of carbonyl (C=O) groups excluding carboxylic acids is 1. The first-order valence-corrected chi connectivity index (χ1v) is 8.42. The third-order valence-corrected chi connectivity index (χ3v) is 5.80. The third-order valence-electron chi connectivity index (χ3n) is 3.62. The summed E-state index contributed by atoms with van der Waals surface area (Å²) in [6.45, 7) is 2.26. The van der Waals surface area contributed by atoms with E-state index in [4.69, 9.17) is 4.74 Å². The second kappa shape index (κ2) is 6.91. The van der Waals surface area contributed by atoms with Crippen LogP contribution in [-0.2, 0) is 9.53 Å². The Hall–Kier alpha value is -0.590. The van der Waals surface area contributed by atoms with E-state index in [9.17, 15) is 4.79 Å². The third kappa shape index (κ3) is 3.35. The first-order chi connectivity index (χ1) is 9.61. The zero-order valence-corrected chi connectivity index (χ0v) is 14.1. The number of carbonyl (C=O) groups is 1. The van der Waals surface area contributed by atoms with Crippen molar-refractivity contribution in [1.29, 1.82) is 0 Å². The van der Waals surface area contributed by atoms with Gasteiger partial charge in [-0.05, 0) is 61.3 Å². The normalized spacial score (nSPS) is 25.6. The highest BCUT2D eigenvalue weighted by Crippen LogP contribution is 2.41. The number of likely N-dealkylation sites (N-methyl/N-ethyl adjacent to an activating group) is 1. The van der Waals surface area contributed by atoms with Gasteiger partial charge in [0.05, 0.1) is 6.61 Å². The fourth-order valence-electron chi connectivity index (χ4n) is 2.50. The van der Waals surface area contributed by atoms with E-state index in [1.54, 1.807) is 18.0 Å². The van der Waals surface area contributed by atoms with Crippen LogP contribution >= 0.6 is 27.7 Å². The van der Waals surface area contributed by atoms with Gasteiger partial charge in [0.25, 0.3) is 0 Å². The fourth-order valence-corrected chi connectivity index (χ4v) is 4.26. The van der Waals surface area contributed by atoms with Crippen molar-refractivity contribution in [2.45, 2.75) is 42.0 Å². The van der Waals surface area contributed by atoms with Crippen molar-refractivity contribution < 1.29 is 9.53 Å². The van der Waals surface area contributed by atoms with E-state index < -0.39 is 5.54 Å². The van der Waals surface area contributed by atoms with Crippen molar-refractivity contribution in [1.82, 2.24) is 10.3 Å². The van der Waals surface area contributed by atoms with Crippen molar-refractivity contribution in [2.24, 2.45) is 0 Å². The van der Waals surface area contributed by atoms with Crippen LogP contribution in [-0.4, -0.2) is 35.4 Å². The van der Waals surface area contributed by atoms with Crippen molar-refractivity contribution in [3.63, 3.8) is 0 Å². The van der Waals surface area contributed by atoms with E-state index in [1.807, 2.05) is 26.1 Å². The maximum absolute atomic E-state index is 12.1. The molecule has 0 bridgehead atoms. The van der Waals surface area contributed by atoms with Crippen LogP contribution in [0.5, 0.6) is 0 Å². The molecule has 0 saturated heterocycles. The van der Waals surface area contributed by atoms with Crippen LogP contribution in [0.4, 0.5) is 0 Å². The lowest BCUT2D eigenvalue weighted by molar-refractivity contribution is -0.150. The van der Waals surface area contributed by atoms with Gasteiger partial charge in [-0.3, -0.25) is 4.79 Å². The molecule has 2 rings (SSSR count). The lowest BCUT2D eigenvalue weighted by Crippen LogP contribution is -2.49. The van der Waals surface area contributed by atoms with Gasteiger partial charge in [-0.1, -0.05) is 0 Å². The molecule has 1 aromatic heterocycles. The summed E-state index contributed by atoms with van der Waals surface area (Å²) in [7, 11) is 1.83. The Morgan fingerprint density at radius 3 is 3.15 bits per heavy atom. The van der Waals surface area contributed by atoms with E-state index >= 15 is 0 Å². The highest BCUT2D eigenvalue weighted by atomic mass is 79.9. The summed E-state index contributed by atoms with van der Waals surface area (Å²) in [5.41, 5.74) is -0.533. The number of hydrogen-bond donors (Lipinski definition) is 1. The molecule has 0 aliphatic heterocycles. The molecule has 2 unspecified atom stereocenters. The minimum Gasteiger partial charge on any atom is -0.465 e. The van der Waals surface area contributed by atoms with Gasteiger partial charge in [0.2, 0.25) is 0 Å². The van der Waals surface area contributed by atoms with Crippen LogP contribution in [0.15, 0.2) is 27.8 Å². The maximum atomic E-state index is 12.1. The predicted molar refractivity (Wildman–Crippen MR) is 83.9 cm³/mol. The average Bonchev–Trinajstić information content (AvgIpc) is 2.86. The molecule has 4 nitrogen and oxygen atoms in total. The summed E-state index contributed by atoms with van der Waals surface area (Å²) in [5.74, 6) is -0.134. The number of halogens is 1. The first kappa shape index (κ1) is 15.8. The van der Waals surface area contributed by atoms with Gasteiger partial charge in [0, 0.05) is 15.9 Å². The van der Waals surface area contributed by atoms with Crippen LogP contribution in [0.1, 0.15) is 26.2 Å². The topological polar surface area (TPSA) is 51.2 Å². The van der Waals surface area contributed by atoms with Crippen molar-refractivity contribution >= 4 is 33.7 Å². The zero-order chi connectivity index (χ0) is 14.6. The molecule has 1 heterocycles. The van der Waals surface area contributed by atoms with Gasteiger partial charge in [0.15, 0.2) is 0 Å². The summed E-state index contributed by atoms with van der Waals surface area (Å²) < 4.78 is 6.21. The van der Waals surface area contributed by atoms with E-state index in [0.717, 1.165) is 28.8 Å². The summed E-state index contributed by atoms with van der Waals surface area (Å²) >= 11 is 5.24. The van der Waals surface area contributed by atoms with Gasteiger partial charge in [-0.2, -0.15) is 0 Å². The largest absolute Gasteiger partial charge is 0.465 e. The quantitative estimate of drug-likeness (QED) is 0.819.